The van der Waals surface area contributed by atoms with Crippen LogP contribution in [0.25, 0.3) is 0 Å². The first-order valence-corrected chi connectivity index (χ1v) is 9.67. The third-order valence-corrected chi connectivity index (χ3v) is 5.64. The molecular formula is C23H22N2O3. The molecule has 5 rings (SSSR count). The summed E-state index contributed by atoms with van der Waals surface area (Å²) in [5, 5.41) is 0. The molecule has 1 amide bonds. The molecule has 1 spiro atoms. The van der Waals surface area contributed by atoms with Crippen molar-refractivity contribution in [3.63, 3.8) is 0 Å². The number of nitrogens with zero attached hydrogens (tertiary/aromatic N) is 2. The van der Waals surface area contributed by atoms with E-state index in [1.807, 2.05) is 48.5 Å². The molecule has 2 aromatic carbocycles. The summed E-state index contributed by atoms with van der Waals surface area (Å²) in [7, 11) is 0. The van der Waals surface area contributed by atoms with Crippen molar-refractivity contribution in [2.45, 2.75) is 24.5 Å². The SMILES string of the molecule is O=C(Oc1ccccc1)N1CCCC2(C1)Oc1ccccc1C2n1cccc1. The van der Waals surface area contributed by atoms with Crippen molar-refractivity contribution in [2.24, 2.45) is 0 Å². The molecule has 0 bridgehead atoms. The molecule has 1 fully saturated rings. The highest BCUT2D eigenvalue weighted by molar-refractivity contribution is 5.71. The lowest BCUT2D eigenvalue weighted by molar-refractivity contribution is -0.0103. The van der Waals surface area contributed by atoms with E-state index in [1.165, 1.54) is 0 Å². The second kappa shape index (κ2) is 6.75. The van der Waals surface area contributed by atoms with Crippen LogP contribution in [0.1, 0.15) is 24.4 Å². The van der Waals surface area contributed by atoms with Gasteiger partial charge >= 0.3 is 6.09 Å². The highest BCUT2D eigenvalue weighted by Crippen LogP contribution is 2.49. The monoisotopic (exact) mass is 374 g/mol. The van der Waals surface area contributed by atoms with Gasteiger partial charge in [0.15, 0.2) is 5.60 Å². The molecule has 2 aliphatic rings. The van der Waals surface area contributed by atoms with E-state index in [4.69, 9.17) is 9.47 Å². The fourth-order valence-corrected chi connectivity index (χ4v) is 4.48. The summed E-state index contributed by atoms with van der Waals surface area (Å²) >= 11 is 0. The smallest absolute Gasteiger partial charge is 0.415 e. The number of para-hydroxylation sites is 2. The van der Waals surface area contributed by atoms with Crippen LogP contribution < -0.4 is 9.47 Å². The van der Waals surface area contributed by atoms with Crippen LogP contribution in [0.5, 0.6) is 11.5 Å². The Morgan fingerprint density at radius 2 is 1.75 bits per heavy atom. The Labute approximate surface area is 164 Å². The Balaban J connectivity index is 1.45. The van der Waals surface area contributed by atoms with Crippen LogP contribution in [-0.4, -0.2) is 34.3 Å². The van der Waals surface area contributed by atoms with E-state index >= 15 is 0 Å². The third-order valence-electron chi connectivity index (χ3n) is 5.64. The van der Waals surface area contributed by atoms with Gasteiger partial charge in [-0.3, -0.25) is 0 Å². The molecule has 2 unspecified atom stereocenters. The lowest BCUT2D eigenvalue weighted by Crippen LogP contribution is -2.56. The number of benzene rings is 2. The van der Waals surface area contributed by atoms with Crippen molar-refractivity contribution in [1.82, 2.24) is 9.47 Å². The van der Waals surface area contributed by atoms with Crippen LogP contribution in [0.2, 0.25) is 0 Å². The van der Waals surface area contributed by atoms with Gasteiger partial charge in [-0.2, -0.15) is 0 Å². The first-order chi connectivity index (χ1) is 13.8. The van der Waals surface area contributed by atoms with Gasteiger partial charge < -0.3 is 18.9 Å². The van der Waals surface area contributed by atoms with Gasteiger partial charge in [-0.15, -0.1) is 0 Å². The second-order valence-electron chi connectivity index (χ2n) is 7.44. The van der Waals surface area contributed by atoms with E-state index in [-0.39, 0.29) is 12.1 Å². The molecule has 5 nitrogen and oxygen atoms in total. The van der Waals surface area contributed by atoms with Crippen molar-refractivity contribution in [1.29, 1.82) is 0 Å². The lowest BCUT2D eigenvalue weighted by Gasteiger charge is -2.42. The summed E-state index contributed by atoms with van der Waals surface area (Å²) in [4.78, 5) is 14.6. The number of ether oxygens (including phenoxy) is 2. The van der Waals surface area contributed by atoms with Crippen molar-refractivity contribution in [2.75, 3.05) is 13.1 Å². The quantitative estimate of drug-likeness (QED) is 0.663. The second-order valence-corrected chi connectivity index (χ2v) is 7.44. The summed E-state index contributed by atoms with van der Waals surface area (Å²) in [5.74, 6) is 1.46. The number of hydrogen-bond donors (Lipinski definition) is 0. The summed E-state index contributed by atoms with van der Waals surface area (Å²) < 4.78 is 14.3. The fraction of sp³-hybridized carbons (Fsp3) is 0.261. The maximum Gasteiger partial charge on any atom is 0.415 e. The Kier molecular flexibility index (Phi) is 4.08. The molecule has 3 heterocycles. The third kappa shape index (κ3) is 2.83. The Hall–Kier alpha value is -3.21. The zero-order valence-electron chi connectivity index (χ0n) is 15.5. The van der Waals surface area contributed by atoms with Crippen LogP contribution in [0.15, 0.2) is 79.1 Å². The maximum absolute atomic E-state index is 12.8. The van der Waals surface area contributed by atoms with Gasteiger partial charge in [-0.1, -0.05) is 36.4 Å². The number of carbonyl (C=O) groups is 1. The van der Waals surface area contributed by atoms with Crippen molar-refractivity contribution >= 4 is 6.09 Å². The van der Waals surface area contributed by atoms with Crippen LogP contribution in [-0.2, 0) is 0 Å². The normalized spacial score (nSPS) is 23.3. The number of piperidine rings is 1. The van der Waals surface area contributed by atoms with Gasteiger partial charge in [0.25, 0.3) is 0 Å². The van der Waals surface area contributed by atoms with Gasteiger partial charge in [0, 0.05) is 24.5 Å². The molecule has 28 heavy (non-hydrogen) atoms. The van der Waals surface area contributed by atoms with Gasteiger partial charge in [-0.25, -0.2) is 4.79 Å². The predicted molar refractivity (Wildman–Crippen MR) is 106 cm³/mol. The Morgan fingerprint density at radius 3 is 2.57 bits per heavy atom. The molecule has 3 aromatic rings. The first kappa shape index (κ1) is 16.9. The van der Waals surface area contributed by atoms with Crippen LogP contribution in [0.3, 0.4) is 0 Å². The van der Waals surface area contributed by atoms with E-state index in [0.717, 1.165) is 24.2 Å². The number of aromatic nitrogens is 1. The topological polar surface area (TPSA) is 43.7 Å². The molecule has 0 N–H and O–H groups in total. The molecular weight excluding hydrogens is 352 g/mol. The standard InChI is InChI=1S/C23H22N2O3/c26-22(27-18-9-2-1-3-10-18)25-16-8-13-23(17-25)21(24-14-6-7-15-24)19-11-4-5-12-20(19)28-23/h1-7,9-12,14-15,21H,8,13,16-17H2. The minimum absolute atomic E-state index is 0.0334. The molecule has 0 radical (unpaired) electrons. The van der Waals surface area contributed by atoms with E-state index in [0.29, 0.717) is 18.8 Å². The van der Waals surface area contributed by atoms with Crippen LogP contribution >= 0.6 is 0 Å². The minimum Gasteiger partial charge on any atom is -0.483 e. The number of likely N-dealkylation sites (tertiary alicyclic amines) is 1. The zero-order chi connectivity index (χ0) is 19.0. The summed E-state index contributed by atoms with van der Waals surface area (Å²) in [6.07, 6.45) is 5.57. The molecule has 0 saturated carbocycles. The number of hydrogen-bond acceptors (Lipinski definition) is 3. The van der Waals surface area contributed by atoms with Gasteiger partial charge in [0.05, 0.1) is 6.54 Å². The van der Waals surface area contributed by atoms with Crippen molar-refractivity contribution < 1.29 is 14.3 Å². The fourth-order valence-electron chi connectivity index (χ4n) is 4.48. The molecule has 142 valence electrons. The number of carbonyl (C=O) groups excluding carboxylic acids is 1. The van der Waals surface area contributed by atoms with Crippen molar-refractivity contribution in [3.8, 4) is 11.5 Å². The largest absolute Gasteiger partial charge is 0.483 e. The van der Waals surface area contributed by atoms with Gasteiger partial charge in [-0.05, 0) is 43.2 Å². The van der Waals surface area contributed by atoms with E-state index in [2.05, 4.69) is 23.0 Å². The first-order valence-electron chi connectivity index (χ1n) is 9.67. The zero-order valence-corrected chi connectivity index (χ0v) is 15.5. The Bertz CT molecular complexity index is 971. The maximum atomic E-state index is 12.8. The Morgan fingerprint density at radius 1 is 1.00 bits per heavy atom. The van der Waals surface area contributed by atoms with Crippen LogP contribution in [0, 0.1) is 0 Å². The number of rotatable bonds is 2. The van der Waals surface area contributed by atoms with Gasteiger partial charge in [0.1, 0.15) is 17.5 Å². The molecule has 1 saturated heterocycles. The number of fused-ring (bicyclic) bond motifs is 1. The van der Waals surface area contributed by atoms with Crippen LogP contribution in [0.4, 0.5) is 4.79 Å². The average Bonchev–Trinajstić information content (AvgIpc) is 3.34. The lowest BCUT2D eigenvalue weighted by atomic mass is 9.83. The minimum atomic E-state index is -0.489. The highest BCUT2D eigenvalue weighted by Gasteiger charge is 2.52. The average molecular weight is 374 g/mol. The molecule has 0 aliphatic carbocycles. The molecule has 1 aromatic heterocycles. The van der Waals surface area contributed by atoms with Gasteiger partial charge in [0.2, 0.25) is 0 Å². The van der Waals surface area contributed by atoms with E-state index in [1.54, 1.807) is 17.0 Å². The summed E-state index contributed by atoms with van der Waals surface area (Å²) in [6.45, 7) is 1.17. The predicted octanol–water partition coefficient (Wildman–Crippen LogP) is 4.50. The van der Waals surface area contributed by atoms with Crippen molar-refractivity contribution in [3.05, 3.63) is 84.7 Å². The molecule has 5 heteroatoms. The molecule has 2 atom stereocenters. The van der Waals surface area contributed by atoms with E-state index in [9.17, 15) is 4.79 Å². The number of amides is 1. The van der Waals surface area contributed by atoms with E-state index < -0.39 is 5.60 Å². The summed E-state index contributed by atoms with van der Waals surface area (Å²) in [5.41, 5.74) is 0.674. The summed E-state index contributed by atoms with van der Waals surface area (Å²) in [6, 6.07) is 21.5. The molecule has 2 aliphatic heterocycles. The highest BCUT2D eigenvalue weighted by atomic mass is 16.6.